The van der Waals surface area contributed by atoms with Gasteiger partial charge in [0.2, 0.25) is 0 Å². The number of benzene rings is 1. The van der Waals surface area contributed by atoms with E-state index >= 15 is 0 Å². The molecule has 8 heteroatoms. The summed E-state index contributed by atoms with van der Waals surface area (Å²) in [5.41, 5.74) is 2.21. The van der Waals surface area contributed by atoms with Crippen molar-refractivity contribution in [1.82, 2.24) is 15.0 Å². The van der Waals surface area contributed by atoms with Gasteiger partial charge in [0, 0.05) is 35.5 Å². The standard InChI is InChI=1S/C24H20F2N4OS/c1-2-19-23(30-21(32-19)11-8-15-5-4-12-27-13-15)16-9-10-20(28-14-16)29-24(31)22-17(25)6-3-7-18(22)26/h3-7,9-10,12-14H,2,8,11H2,1H3,(H,28,29,31). The van der Waals surface area contributed by atoms with Crippen LogP contribution in [-0.2, 0) is 19.3 Å². The lowest BCUT2D eigenvalue weighted by molar-refractivity contribution is 0.101. The van der Waals surface area contributed by atoms with Gasteiger partial charge in [-0.05, 0) is 48.7 Å². The van der Waals surface area contributed by atoms with Crippen LogP contribution in [0.5, 0.6) is 0 Å². The lowest BCUT2D eigenvalue weighted by Crippen LogP contribution is -2.16. The third kappa shape index (κ3) is 4.86. The molecule has 3 heterocycles. The zero-order valence-electron chi connectivity index (χ0n) is 17.3. The third-order valence-electron chi connectivity index (χ3n) is 4.88. The van der Waals surface area contributed by atoms with Crippen LogP contribution in [0.15, 0.2) is 61.1 Å². The number of carbonyl (C=O) groups is 1. The number of amides is 1. The number of carbonyl (C=O) groups excluding carboxylic acids is 1. The van der Waals surface area contributed by atoms with Gasteiger partial charge in [-0.3, -0.25) is 9.78 Å². The van der Waals surface area contributed by atoms with E-state index in [2.05, 4.69) is 22.2 Å². The molecule has 0 saturated heterocycles. The van der Waals surface area contributed by atoms with E-state index in [4.69, 9.17) is 4.98 Å². The first kappa shape index (κ1) is 21.7. The molecule has 1 aromatic carbocycles. The summed E-state index contributed by atoms with van der Waals surface area (Å²) < 4.78 is 27.6. The number of pyridine rings is 2. The molecular weight excluding hydrogens is 430 g/mol. The monoisotopic (exact) mass is 450 g/mol. The Hall–Kier alpha value is -3.52. The second kappa shape index (κ2) is 9.74. The van der Waals surface area contributed by atoms with E-state index in [0.29, 0.717) is 0 Å². The number of aryl methyl sites for hydroxylation is 3. The number of nitrogens with one attached hydrogen (secondary N) is 1. The van der Waals surface area contributed by atoms with Crippen LogP contribution in [0, 0.1) is 11.6 Å². The predicted octanol–water partition coefficient (Wildman–Crippen LogP) is 5.48. The third-order valence-corrected chi connectivity index (χ3v) is 6.14. The number of thiazole rings is 1. The van der Waals surface area contributed by atoms with Crippen molar-refractivity contribution in [3.63, 3.8) is 0 Å². The predicted molar refractivity (Wildman–Crippen MR) is 121 cm³/mol. The Morgan fingerprint density at radius 1 is 1.03 bits per heavy atom. The van der Waals surface area contributed by atoms with Gasteiger partial charge in [0.15, 0.2) is 0 Å². The number of nitrogens with zero attached hydrogens (tertiary/aromatic N) is 3. The number of anilines is 1. The molecule has 5 nitrogen and oxygen atoms in total. The summed E-state index contributed by atoms with van der Waals surface area (Å²) in [5.74, 6) is -2.53. The number of hydrogen-bond acceptors (Lipinski definition) is 5. The van der Waals surface area contributed by atoms with Crippen LogP contribution in [-0.4, -0.2) is 20.9 Å². The van der Waals surface area contributed by atoms with Gasteiger partial charge in [-0.25, -0.2) is 18.7 Å². The van der Waals surface area contributed by atoms with E-state index in [1.165, 1.54) is 6.07 Å². The van der Waals surface area contributed by atoms with Gasteiger partial charge in [0.1, 0.15) is 23.0 Å². The van der Waals surface area contributed by atoms with Crippen molar-refractivity contribution in [3.05, 3.63) is 93.7 Å². The van der Waals surface area contributed by atoms with Gasteiger partial charge < -0.3 is 5.32 Å². The molecule has 0 bridgehead atoms. The average molecular weight is 451 g/mol. The Morgan fingerprint density at radius 3 is 2.50 bits per heavy atom. The van der Waals surface area contributed by atoms with Crippen LogP contribution >= 0.6 is 11.3 Å². The van der Waals surface area contributed by atoms with Crippen molar-refractivity contribution >= 4 is 23.1 Å². The van der Waals surface area contributed by atoms with Gasteiger partial charge in [-0.1, -0.05) is 19.1 Å². The minimum Gasteiger partial charge on any atom is -0.306 e. The maximum Gasteiger partial charge on any atom is 0.262 e. The normalized spacial score (nSPS) is 10.8. The first-order valence-electron chi connectivity index (χ1n) is 10.1. The van der Waals surface area contributed by atoms with E-state index in [1.807, 2.05) is 18.3 Å². The molecule has 162 valence electrons. The summed E-state index contributed by atoms with van der Waals surface area (Å²) in [4.78, 5) is 26.6. The first-order chi connectivity index (χ1) is 15.5. The lowest BCUT2D eigenvalue weighted by Gasteiger charge is -2.07. The SMILES string of the molecule is CCc1sc(CCc2cccnc2)nc1-c1ccc(NC(=O)c2c(F)cccc2F)nc1. The molecule has 1 amide bonds. The Labute approximate surface area is 188 Å². The molecule has 0 aliphatic heterocycles. The fraction of sp³-hybridized carbons (Fsp3) is 0.167. The number of aromatic nitrogens is 3. The van der Waals surface area contributed by atoms with Gasteiger partial charge in [0.25, 0.3) is 5.91 Å². The molecule has 0 unspecified atom stereocenters. The highest BCUT2D eigenvalue weighted by Gasteiger charge is 2.18. The van der Waals surface area contributed by atoms with Crippen molar-refractivity contribution in [2.45, 2.75) is 26.2 Å². The largest absolute Gasteiger partial charge is 0.306 e. The summed E-state index contributed by atoms with van der Waals surface area (Å²) >= 11 is 1.68. The Balaban J connectivity index is 1.48. The Bertz CT molecular complexity index is 1210. The summed E-state index contributed by atoms with van der Waals surface area (Å²) in [7, 11) is 0. The molecule has 0 atom stereocenters. The highest BCUT2D eigenvalue weighted by molar-refractivity contribution is 7.12. The summed E-state index contributed by atoms with van der Waals surface area (Å²) in [6, 6.07) is 10.6. The number of hydrogen-bond donors (Lipinski definition) is 1. The van der Waals surface area contributed by atoms with Crippen molar-refractivity contribution in [2.24, 2.45) is 0 Å². The van der Waals surface area contributed by atoms with Crippen LogP contribution < -0.4 is 5.32 Å². The molecular formula is C24H20F2N4OS. The van der Waals surface area contributed by atoms with Crippen LogP contribution in [0.4, 0.5) is 14.6 Å². The smallest absolute Gasteiger partial charge is 0.262 e. The van der Waals surface area contributed by atoms with Crippen LogP contribution in [0.1, 0.15) is 32.7 Å². The highest BCUT2D eigenvalue weighted by atomic mass is 32.1. The van der Waals surface area contributed by atoms with Crippen LogP contribution in [0.3, 0.4) is 0 Å². The number of halogens is 2. The van der Waals surface area contributed by atoms with Gasteiger partial charge in [-0.2, -0.15) is 0 Å². The average Bonchev–Trinajstić information content (AvgIpc) is 3.22. The minimum atomic E-state index is -0.923. The molecule has 4 aromatic rings. The minimum absolute atomic E-state index is 0.200. The fourth-order valence-electron chi connectivity index (χ4n) is 3.27. The first-order valence-corrected chi connectivity index (χ1v) is 11.0. The molecule has 0 fully saturated rings. The molecule has 3 aromatic heterocycles. The molecule has 1 N–H and O–H groups in total. The Morgan fingerprint density at radius 2 is 1.84 bits per heavy atom. The highest BCUT2D eigenvalue weighted by Crippen LogP contribution is 2.29. The summed E-state index contributed by atoms with van der Waals surface area (Å²) in [6.07, 6.45) is 7.74. The molecule has 0 spiro atoms. The van der Waals surface area contributed by atoms with E-state index < -0.39 is 23.1 Å². The van der Waals surface area contributed by atoms with E-state index in [9.17, 15) is 13.6 Å². The van der Waals surface area contributed by atoms with Crippen molar-refractivity contribution in [1.29, 1.82) is 0 Å². The van der Waals surface area contributed by atoms with E-state index in [1.54, 1.807) is 35.9 Å². The van der Waals surface area contributed by atoms with E-state index in [0.717, 1.165) is 58.1 Å². The van der Waals surface area contributed by atoms with Gasteiger partial charge in [0.05, 0.1) is 10.7 Å². The molecule has 0 saturated carbocycles. The quantitative estimate of drug-likeness (QED) is 0.405. The maximum atomic E-state index is 13.8. The van der Waals surface area contributed by atoms with Crippen LogP contribution in [0.25, 0.3) is 11.3 Å². The Kier molecular flexibility index (Phi) is 6.61. The van der Waals surface area contributed by atoms with Crippen molar-refractivity contribution < 1.29 is 13.6 Å². The fourth-order valence-corrected chi connectivity index (χ4v) is 4.30. The number of rotatable bonds is 7. The molecule has 0 aliphatic rings. The summed E-state index contributed by atoms with van der Waals surface area (Å²) in [5, 5.41) is 3.47. The molecule has 32 heavy (non-hydrogen) atoms. The van der Waals surface area contributed by atoms with E-state index in [-0.39, 0.29) is 5.82 Å². The van der Waals surface area contributed by atoms with Gasteiger partial charge in [-0.15, -0.1) is 11.3 Å². The van der Waals surface area contributed by atoms with Gasteiger partial charge >= 0.3 is 0 Å². The summed E-state index contributed by atoms with van der Waals surface area (Å²) in [6.45, 7) is 2.08. The zero-order chi connectivity index (χ0) is 22.5. The van der Waals surface area contributed by atoms with Crippen LogP contribution in [0.2, 0.25) is 0 Å². The molecule has 0 radical (unpaired) electrons. The molecule has 4 rings (SSSR count). The van der Waals surface area contributed by atoms with Crippen molar-refractivity contribution in [3.8, 4) is 11.3 Å². The second-order valence-corrected chi connectivity index (χ2v) is 8.25. The second-order valence-electron chi connectivity index (χ2n) is 7.08. The topological polar surface area (TPSA) is 67.8 Å². The molecule has 0 aliphatic carbocycles. The maximum absolute atomic E-state index is 13.8. The van der Waals surface area contributed by atoms with Crippen molar-refractivity contribution in [2.75, 3.05) is 5.32 Å². The zero-order valence-corrected chi connectivity index (χ0v) is 18.1. The lowest BCUT2D eigenvalue weighted by atomic mass is 10.1.